The van der Waals surface area contributed by atoms with Crippen LogP contribution in [-0.2, 0) is 16.1 Å². The van der Waals surface area contributed by atoms with Gasteiger partial charge in [-0.2, -0.15) is 0 Å². The molecule has 2 rings (SSSR count). The zero-order valence-corrected chi connectivity index (χ0v) is 11.7. The fourth-order valence-corrected chi connectivity index (χ4v) is 1.97. The molecule has 0 amide bonds. The van der Waals surface area contributed by atoms with Crippen molar-refractivity contribution < 1.29 is 9.53 Å². The highest BCUT2D eigenvalue weighted by molar-refractivity contribution is 5.88. The van der Waals surface area contributed by atoms with Crippen molar-refractivity contribution in [3.8, 4) is 0 Å². The van der Waals surface area contributed by atoms with Gasteiger partial charge in [0.1, 0.15) is 5.65 Å². The summed E-state index contributed by atoms with van der Waals surface area (Å²) < 4.78 is 6.41. The molecule has 5 heteroatoms. The van der Waals surface area contributed by atoms with Crippen molar-refractivity contribution in [2.45, 2.75) is 20.4 Å². The SMILES string of the molecule is CCn1cc(/C=C/C(=O)OC)c(=O)c2ccc(C)nc21. The first kappa shape index (κ1) is 14.0. The Kier molecular flexibility index (Phi) is 3.98. The third-order valence-corrected chi connectivity index (χ3v) is 3.03. The van der Waals surface area contributed by atoms with Gasteiger partial charge in [0, 0.05) is 30.1 Å². The van der Waals surface area contributed by atoms with E-state index in [2.05, 4.69) is 9.72 Å². The van der Waals surface area contributed by atoms with Gasteiger partial charge in [-0.25, -0.2) is 9.78 Å². The fourth-order valence-electron chi connectivity index (χ4n) is 1.97. The summed E-state index contributed by atoms with van der Waals surface area (Å²) in [5.41, 5.74) is 1.82. The molecule has 0 aliphatic rings. The monoisotopic (exact) mass is 272 g/mol. The second-order valence-electron chi connectivity index (χ2n) is 4.38. The number of hydrogen-bond acceptors (Lipinski definition) is 4. The highest BCUT2D eigenvalue weighted by atomic mass is 16.5. The summed E-state index contributed by atoms with van der Waals surface area (Å²) >= 11 is 0. The molecule has 0 saturated carbocycles. The molecule has 0 aromatic carbocycles. The normalized spacial score (nSPS) is 11.2. The van der Waals surface area contributed by atoms with Gasteiger partial charge in [-0.05, 0) is 32.1 Å². The van der Waals surface area contributed by atoms with Crippen LogP contribution in [0.4, 0.5) is 0 Å². The van der Waals surface area contributed by atoms with E-state index in [1.807, 2.05) is 18.4 Å². The molecule has 2 aromatic rings. The van der Waals surface area contributed by atoms with E-state index < -0.39 is 5.97 Å². The summed E-state index contributed by atoms with van der Waals surface area (Å²) in [5.74, 6) is -0.491. The lowest BCUT2D eigenvalue weighted by molar-refractivity contribution is -0.134. The largest absolute Gasteiger partial charge is 0.466 e. The van der Waals surface area contributed by atoms with Gasteiger partial charge >= 0.3 is 5.97 Å². The number of esters is 1. The van der Waals surface area contributed by atoms with Crippen LogP contribution >= 0.6 is 0 Å². The first-order valence-corrected chi connectivity index (χ1v) is 6.33. The molecule has 0 spiro atoms. The zero-order chi connectivity index (χ0) is 14.7. The average Bonchev–Trinajstić information content (AvgIpc) is 2.46. The summed E-state index contributed by atoms with van der Waals surface area (Å²) in [5, 5.41) is 0.546. The van der Waals surface area contributed by atoms with E-state index in [-0.39, 0.29) is 5.43 Å². The number of fused-ring (bicyclic) bond motifs is 1. The Bertz CT molecular complexity index is 745. The molecule has 0 atom stereocenters. The predicted octanol–water partition coefficient (Wildman–Crippen LogP) is 1.91. The molecule has 0 aliphatic carbocycles. The number of rotatable bonds is 3. The molecular formula is C15H16N2O3. The van der Waals surface area contributed by atoms with E-state index in [0.717, 1.165) is 5.69 Å². The summed E-state index contributed by atoms with van der Waals surface area (Å²) in [6.07, 6.45) is 4.42. The third-order valence-electron chi connectivity index (χ3n) is 3.03. The molecule has 0 radical (unpaired) electrons. The van der Waals surface area contributed by atoms with Crippen molar-refractivity contribution in [1.29, 1.82) is 0 Å². The first-order chi connectivity index (χ1) is 9.56. The number of hydrogen-bond donors (Lipinski definition) is 0. The summed E-state index contributed by atoms with van der Waals surface area (Å²) in [4.78, 5) is 27.9. The van der Waals surface area contributed by atoms with Gasteiger partial charge in [-0.3, -0.25) is 4.79 Å². The first-order valence-electron chi connectivity index (χ1n) is 6.33. The molecule has 0 unspecified atom stereocenters. The number of carbonyl (C=O) groups excluding carboxylic acids is 1. The smallest absolute Gasteiger partial charge is 0.330 e. The number of nitrogens with zero attached hydrogens (tertiary/aromatic N) is 2. The van der Waals surface area contributed by atoms with E-state index in [0.29, 0.717) is 23.1 Å². The van der Waals surface area contributed by atoms with Crippen LogP contribution in [0.15, 0.2) is 29.2 Å². The van der Waals surface area contributed by atoms with Crippen molar-refractivity contribution in [1.82, 2.24) is 9.55 Å². The van der Waals surface area contributed by atoms with Crippen LogP contribution in [0.25, 0.3) is 17.1 Å². The summed E-state index contributed by atoms with van der Waals surface area (Å²) in [6, 6.07) is 3.57. The van der Waals surface area contributed by atoms with Gasteiger partial charge < -0.3 is 9.30 Å². The lowest BCUT2D eigenvalue weighted by atomic mass is 10.1. The van der Waals surface area contributed by atoms with E-state index in [1.165, 1.54) is 19.3 Å². The Hall–Kier alpha value is -2.43. The van der Waals surface area contributed by atoms with Crippen molar-refractivity contribution in [2.24, 2.45) is 0 Å². The maximum Gasteiger partial charge on any atom is 0.330 e. The Labute approximate surface area is 116 Å². The highest BCUT2D eigenvalue weighted by Gasteiger charge is 2.08. The Morgan fingerprint density at radius 2 is 2.20 bits per heavy atom. The average molecular weight is 272 g/mol. The van der Waals surface area contributed by atoms with E-state index in [4.69, 9.17) is 0 Å². The van der Waals surface area contributed by atoms with Crippen LogP contribution in [0.1, 0.15) is 18.2 Å². The molecular weight excluding hydrogens is 256 g/mol. The highest BCUT2D eigenvalue weighted by Crippen LogP contribution is 2.11. The minimum absolute atomic E-state index is 0.141. The van der Waals surface area contributed by atoms with Crippen molar-refractivity contribution in [3.05, 3.63) is 45.9 Å². The van der Waals surface area contributed by atoms with Gasteiger partial charge in [0.15, 0.2) is 5.43 Å². The van der Waals surface area contributed by atoms with E-state index in [9.17, 15) is 9.59 Å². The predicted molar refractivity (Wildman–Crippen MR) is 77.5 cm³/mol. The Morgan fingerprint density at radius 3 is 2.85 bits per heavy atom. The van der Waals surface area contributed by atoms with Crippen LogP contribution < -0.4 is 5.43 Å². The molecule has 104 valence electrons. The topological polar surface area (TPSA) is 61.2 Å². The number of aromatic nitrogens is 2. The lowest BCUT2D eigenvalue weighted by Crippen LogP contribution is -2.13. The number of pyridine rings is 2. The Balaban J connectivity index is 2.66. The van der Waals surface area contributed by atoms with Gasteiger partial charge in [0.05, 0.1) is 12.5 Å². The number of carbonyl (C=O) groups is 1. The van der Waals surface area contributed by atoms with Gasteiger partial charge in [-0.15, -0.1) is 0 Å². The minimum atomic E-state index is -0.491. The fraction of sp³-hybridized carbons (Fsp3) is 0.267. The molecule has 0 N–H and O–H groups in total. The Morgan fingerprint density at radius 1 is 1.45 bits per heavy atom. The quantitative estimate of drug-likeness (QED) is 0.632. The zero-order valence-electron chi connectivity index (χ0n) is 11.7. The minimum Gasteiger partial charge on any atom is -0.466 e. The molecule has 0 aliphatic heterocycles. The molecule has 0 saturated heterocycles. The number of aryl methyl sites for hydroxylation is 2. The van der Waals surface area contributed by atoms with Gasteiger partial charge in [0.25, 0.3) is 0 Å². The summed E-state index contributed by atoms with van der Waals surface area (Å²) in [7, 11) is 1.30. The molecule has 2 aromatic heterocycles. The van der Waals surface area contributed by atoms with E-state index >= 15 is 0 Å². The van der Waals surface area contributed by atoms with Crippen molar-refractivity contribution >= 4 is 23.1 Å². The van der Waals surface area contributed by atoms with Gasteiger partial charge in [-0.1, -0.05) is 0 Å². The maximum atomic E-state index is 12.4. The molecule has 2 heterocycles. The molecule has 20 heavy (non-hydrogen) atoms. The lowest BCUT2D eigenvalue weighted by Gasteiger charge is -2.09. The van der Waals surface area contributed by atoms with Crippen LogP contribution in [0.2, 0.25) is 0 Å². The van der Waals surface area contributed by atoms with Gasteiger partial charge in [0.2, 0.25) is 0 Å². The second-order valence-corrected chi connectivity index (χ2v) is 4.38. The standard InChI is InChI=1S/C15H16N2O3/c1-4-17-9-11(6-8-13(18)20-3)14(19)12-7-5-10(2)16-15(12)17/h5-9H,4H2,1-3H3/b8-6+. The third kappa shape index (κ3) is 2.61. The van der Waals surface area contributed by atoms with E-state index in [1.54, 1.807) is 18.3 Å². The second kappa shape index (κ2) is 5.69. The van der Waals surface area contributed by atoms with Crippen LogP contribution in [0.5, 0.6) is 0 Å². The van der Waals surface area contributed by atoms with Crippen LogP contribution in [0, 0.1) is 6.92 Å². The molecule has 5 nitrogen and oxygen atoms in total. The molecule has 0 fully saturated rings. The van der Waals surface area contributed by atoms with Crippen LogP contribution in [-0.4, -0.2) is 22.6 Å². The molecule has 0 bridgehead atoms. The van der Waals surface area contributed by atoms with Crippen molar-refractivity contribution in [3.63, 3.8) is 0 Å². The number of ether oxygens (including phenoxy) is 1. The van der Waals surface area contributed by atoms with Crippen LogP contribution in [0.3, 0.4) is 0 Å². The van der Waals surface area contributed by atoms with Crippen molar-refractivity contribution in [2.75, 3.05) is 7.11 Å². The number of methoxy groups -OCH3 is 1. The maximum absolute atomic E-state index is 12.4. The summed E-state index contributed by atoms with van der Waals surface area (Å²) in [6.45, 7) is 4.54.